The summed E-state index contributed by atoms with van der Waals surface area (Å²) in [7, 11) is 2.00. The maximum Gasteiger partial charge on any atom is 0.0289 e. The third kappa shape index (κ3) is 2.64. The van der Waals surface area contributed by atoms with Crippen LogP contribution in [0.25, 0.3) is 11.1 Å². The van der Waals surface area contributed by atoms with Crippen LogP contribution in [-0.4, -0.2) is 7.05 Å². The zero-order chi connectivity index (χ0) is 13.9. The van der Waals surface area contributed by atoms with Gasteiger partial charge in [-0.3, -0.25) is 0 Å². The Hall–Kier alpha value is -1.60. The van der Waals surface area contributed by atoms with Crippen molar-refractivity contribution in [1.82, 2.24) is 5.32 Å². The third-order valence-electron chi connectivity index (χ3n) is 4.64. The quantitative estimate of drug-likeness (QED) is 0.829. The molecule has 1 aliphatic carbocycles. The summed E-state index contributed by atoms with van der Waals surface area (Å²) in [5, 5.41) is 3.30. The highest BCUT2D eigenvalue weighted by Gasteiger charge is 2.18. The molecule has 0 bridgehead atoms. The van der Waals surface area contributed by atoms with Crippen molar-refractivity contribution >= 4 is 0 Å². The van der Waals surface area contributed by atoms with Crippen molar-refractivity contribution in [2.24, 2.45) is 0 Å². The fourth-order valence-electron chi connectivity index (χ4n) is 2.84. The number of nitrogens with one attached hydrogen (secondary N) is 1. The highest BCUT2D eigenvalue weighted by Crippen LogP contribution is 2.37. The summed E-state index contributed by atoms with van der Waals surface area (Å²) < 4.78 is 0. The van der Waals surface area contributed by atoms with E-state index in [0.717, 1.165) is 5.92 Å². The van der Waals surface area contributed by atoms with Crippen molar-refractivity contribution in [3.63, 3.8) is 0 Å². The lowest BCUT2D eigenvalue weighted by Gasteiger charge is -2.25. The van der Waals surface area contributed by atoms with E-state index < -0.39 is 0 Å². The molecule has 104 valence electrons. The number of hydrogen-bond donors (Lipinski definition) is 1. The van der Waals surface area contributed by atoms with Crippen molar-refractivity contribution in [2.75, 3.05) is 7.05 Å². The van der Waals surface area contributed by atoms with E-state index >= 15 is 0 Å². The monoisotopic (exact) mass is 265 g/mol. The van der Waals surface area contributed by atoms with Gasteiger partial charge < -0.3 is 5.32 Å². The van der Waals surface area contributed by atoms with E-state index in [2.05, 4.69) is 60.8 Å². The molecule has 1 N–H and O–H groups in total. The smallest absolute Gasteiger partial charge is 0.0289 e. The first-order valence-electron chi connectivity index (χ1n) is 7.65. The lowest BCUT2D eigenvalue weighted by atomic mass is 9.80. The Morgan fingerprint density at radius 2 is 1.75 bits per heavy atom. The predicted octanol–water partition coefficient (Wildman–Crippen LogP) is 4.90. The van der Waals surface area contributed by atoms with Gasteiger partial charge in [-0.25, -0.2) is 0 Å². The van der Waals surface area contributed by atoms with Crippen LogP contribution in [0.3, 0.4) is 0 Å². The lowest BCUT2D eigenvalue weighted by Crippen LogP contribution is -2.12. The summed E-state index contributed by atoms with van der Waals surface area (Å²) in [6.45, 7) is 2.19. The van der Waals surface area contributed by atoms with Gasteiger partial charge in [0.15, 0.2) is 0 Å². The van der Waals surface area contributed by atoms with E-state index in [1.54, 1.807) is 0 Å². The van der Waals surface area contributed by atoms with E-state index in [1.165, 1.54) is 41.5 Å². The van der Waals surface area contributed by atoms with Gasteiger partial charge in [0, 0.05) is 6.04 Å². The van der Waals surface area contributed by atoms with Crippen LogP contribution in [0.2, 0.25) is 0 Å². The molecule has 0 radical (unpaired) electrons. The molecule has 2 aromatic carbocycles. The molecule has 0 amide bonds. The molecule has 2 aromatic rings. The topological polar surface area (TPSA) is 12.0 Å². The Morgan fingerprint density at radius 3 is 2.35 bits per heavy atom. The fraction of sp³-hybridized carbons (Fsp3) is 0.368. The molecule has 1 heteroatoms. The summed E-state index contributed by atoms with van der Waals surface area (Å²) in [6.07, 6.45) is 4.14. The maximum atomic E-state index is 3.30. The largest absolute Gasteiger partial charge is 0.313 e. The number of benzene rings is 2. The molecule has 0 heterocycles. The van der Waals surface area contributed by atoms with Crippen LogP contribution in [0.1, 0.15) is 49.3 Å². The standard InChI is InChI=1S/C19H23N/c1-14(20-2)18-7-4-8-19(13-18)17-11-9-16(10-12-17)15-5-3-6-15/h4,7-15,20H,3,5-6H2,1-2H3. The molecule has 3 rings (SSSR count). The van der Waals surface area contributed by atoms with E-state index in [-0.39, 0.29) is 0 Å². The van der Waals surface area contributed by atoms with Crippen LogP contribution in [0.4, 0.5) is 0 Å². The minimum absolute atomic E-state index is 0.393. The normalized spacial score (nSPS) is 16.7. The van der Waals surface area contributed by atoms with E-state index in [9.17, 15) is 0 Å². The van der Waals surface area contributed by atoms with Gasteiger partial charge in [0.05, 0.1) is 0 Å². The predicted molar refractivity (Wildman–Crippen MR) is 85.9 cm³/mol. The number of rotatable bonds is 4. The minimum Gasteiger partial charge on any atom is -0.313 e. The van der Waals surface area contributed by atoms with Crippen molar-refractivity contribution in [2.45, 2.75) is 38.1 Å². The SMILES string of the molecule is CNC(C)c1cccc(-c2ccc(C3CCC3)cc2)c1. The summed E-state index contributed by atoms with van der Waals surface area (Å²) in [6, 6.07) is 18.4. The first-order chi connectivity index (χ1) is 9.78. The van der Waals surface area contributed by atoms with E-state index in [4.69, 9.17) is 0 Å². The molecule has 0 spiro atoms. The van der Waals surface area contributed by atoms with Crippen LogP contribution in [0.5, 0.6) is 0 Å². The highest BCUT2D eigenvalue weighted by atomic mass is 14.8. The van der Waals surface area contributed by atoms with E-state index in [1.807, 2.05) is 7.05 Å². The molecule has 0 saturated heterocycles. The van der Waals surface area contributed by atoms with Gasteiger partial charge in [-0.1, -0.05) is 48.9 Å². The second kappa shape index (κ2) is 5.80. The molecular weight excluding hydrogens is 242 g/mol. The highest BCUT2D eigenvalue weighted by molar-refractivity contribution is 5.64. The molecule has 1 nitrogen and oxygen atoms in total. The minimum atomic E-state index is 0.393. The van der Waals surface area contributed by atoms with Crippen LogP contribution < -0.4 is 5.32 Å². The molecule has 1 aliphatic rings. The first-order valence-corrected chi connectivity index (χ1v) is 7.65. The van der Waals surface area contributed by atoms with Crippen LogP contribution in [-0.2, 0) is 0 Å². The zero-order valence-electron chi connectivity index (χ0n) is 12.4. The molecule has 1 unspecified atom stereocenters. The Morgan fingerprint density at radius 1 is 1.00 bits per heavy atom. The summed E-state index contributed by atoms with van der Waals surface area (Å²) in [4.78, 5) is 0. The van der Waals surface area contributed by atoms with Gasteiger partial charge >= 0.3 is 0 Å². The summed E-state index contributed by atoms with van der Waals surface area (Å²) in [5.74, 6) is 0.819. The van der Waals surface area contributed by atoms with Gasteiger partial charge in [-0.15, -0.1) is 0 Å². The second-order valence-corrected chi connectivity index (χ2v) is 5.89. The molecule has 0 aliphatic heterocycles. The molecule has 20 heavy (non-hydrogen) atoms. The lowest BCUT2D eigenvalue weighted by molar-refractivity contribution is 0.420. The summed E-state index contributed by atoms with van der Waals surface area (Å²) >= 11 is 0. The molecule has 1 atom stereocenters. The van der Waals surface area contributed by atoms with Gasteiger partial charge in [-0.05, 0) is 61.1 Å². The van der Waals surface area contributed by atoms with Crippen molar-refractivity contribution in [1.29, 1.82) is 0 Å². The Labute approximate surface area is 122 Å². The molecule has 1 saturated carbocycles. The third-order valence-corrected chi connectivity index (χ3v) is 4.64. The number of hydrogen-bond acceptors (Lipinski definition) is 1. The van der Waals surface area contributed by atoms with Crippen LogP contribution in [0, 0.1) is 0 Å². The Bertz CT molecular complexity index is 567. The molecule has 1 fully saturated rings. The molecule has 0 aromatic heterocycles. The van der Waals surface area contributed by atoms with Crippen LogP contribution >= 0.6 is 0 Å². The zero-order valence-corrected chi connectivity index (χ0v) is 12.4. The second-order valence-electron chi connectivity index (χ2n) is 5.89. The van der Waals surface area contributed by atoms with Gasteiger partial charge in [0.25, 0.3) is 0 Å². The van der Waals surface area contributed by atoms with Crippen molar-refractivity contribution < 1.29 is 0 Å². The van der Waals surface area contributed by atoms with Gasteiger partial charge in [-0.2, -0.15) is 0 Å². The summed E-state index contributed by atoms with van der Waals surface area (Å²) in [5.41, 5.74) is 5.48. The van der Waals surface area contributed by atoms with Crippen molar-refractivity contribution in [3.8, 4) is 11.1 Å². The average Bonchev–Trinajstić information content (AvgIpc) is 2.45. The Balaban J connectivity index is 1.84. The van der Waals surface area contributed by atoms with Gasteiger partial charge in [0.2, 0.25) is 0 Å². The average molecular weight is 265 g/mol. The van der Waals surface area contributed by atoms with Crippen molar-refractivity contribution in [3.05, 3.63) is 59.7 Å². The fourth-order valence-corrected chi connectivity index (χ4v) is 2.84. The van der Waals surface area contributed by atoms with Crippen LogP contribution in [0.15, 0.2) is 48.5 Å². The maximum absolute atomic E-state index is 3.30. The first kappa shape index (κ1) is 13.4. The van der Waals surface area contributed by atoms with Gasteiger partial charge in [0.1, 0.15) is 0 Å². The molecular formula is C19H23N. The van der Waals surface area contributed by atoms with E-state index in [0.29, 0.717) is 6.04 Å². The Kier molecular flexibility index (Phi) is 3.88.